The summed E-state index contributed by atoms with van der Waals surface area (Å²) in [6.45, 7) is 3.99. The number of aryl methyl sites for hydroxylation is 3. The highest BCUT2D eigenvalue weighted by molar-refractivity contribution is 5.16. The van der Waals surface area contributed by atoms with Crippen molar-refractivity contribution in [3.05, 3.63) is 23.3 Å². The Balaban J connectivity index is 2.04. The SMILES string of the molecule is Cc1ncc(C)c(CCC2(N)CC2)n1. The summed E-state index contributed by atoms with van der Waals surface area (Å²) in [5, 5.41) is 0. The summed E-state index contributed by atoms with van der Waals surface area (Å²) in [4.78, 5) is 8.59. The van der Waals surface area contributed by atoms with Crippen LogP contribution < -0.4 is 5.73 Å². The van der Waals surface area contributed by atoms with Gasteiger partial charge in [-0.1, -0.05) is 0 Å². The molecule has 3 nitrogen and oxygen atoms in total. The monoisotopic (exact) mass is 191 g/mol. The second-order valence-corrected chi connectivity index (χ2v) is 4.41. The van der Waals surface area contributed by atoms with Gasteiger partial charge in [0.25, 0.3) is 0 Å². The summed E-state index contributed by atoms with van der Waals surface area (Å²) in [6.07, 6.45) is 6.30. The third kappa shape index (κ3) is 2.10. The van der Waals surface area contributed by atoms with Crippen molar-refractivity contribution in [1.82, 2.24) is 9.97 Å². The Bertz CT molecular complexity index is 342. The quantitative estimate of drug-likeness (QED) is 0.788. The Labute approximate surface area is 84.8 Å². The number of nitrogens with zero attached hydrogens (tertiary/aromatic N) is 2. The van der Waals surface area contributed by atoms with Gasteiger partial charge in [-0.05, 0) is 45.1 Å². The van der Waals surface area contributed by atoms with Crippen LogP contribution in [0.15, 0.2) is 6.20 Å². The van der Waals surface area contributed by atoms with Crippen LogP contribution >= 0.6 is 0 Å². The van der Waals surface area contributed by atoms with Crippen LogP contribution in [-0.2, 0) is 6.42 Å². The Morgan fingerprint density at radius 2 is 2.14 bits per heavy atom. The summed E-state index contributed by atoms with van der Waals surface area (Å²) >= 11 is 0. The number of aromatic nitrogens is 2. The van der Waals surface area contributed by atoms with Gasteiger partial charge in [-0.3, -0.25) is 0 Å². The van der Waals surface area contributed by atoms with Crippen LogP contribution in [0.25, 0.3) is 0 Å². The average Bonchev–Trinajstić information content (AvgIpc) is 2.87. The predicted octanol–water partition coefficient (Wildman–Crippen LogP) is 1.52. The summed E-state index contributed by atoms with van der Waals surface area (Å²) in [7, 11) is 0. The van der Waals surface area contributed by atoms with Gasteiger partial charge in [0, 0.05) is 17.4 Å². The molecule has 0 amide bonds. The molecule has 1 aliphatic rings. The third-order valence-electron chi connectivity index (χ3n) is 2.95. The first-order valence-corrected chi connectivity index (χ1v) is 5.17. The van der Waals surface area contributed by atoms with E-state index in [1.807, 2.05) is 13.1 Å². The molecule has 1 heterocycles. The van der Waals surface area contributed by atoms with E-state index in [0.717, 1.165) is 24.4 Å². The topological polar surface area (TPSA) is 51.8 Å². The zero-order valence-corrected chi connectivity index (χ0v) is 8.88. The van der Waals surface area contributed by atoms with Gasteiger partial charge >= 0.3 is 0 Å². The minimum Gasteiger partial charge on any atom is -0.325 e. The van der Waals surface area contributed by atoms with Crippen LogP contribution in [0.1, 0.15) is 36.3 Å². The second-order valence-electron chi connectivity index (χ2n) is 4.41. The summed E-state index contributed by atoms with van der Waals surface area (Å²) < 4.78 is 0. The normalized spacial score (nSPS) is 18.2. The molecule has 76 valence electrons. The van der Waals surface area contributed by atoms with Gasteiger partial charge < -0.3 is 5.73 Å². The summed E-state index contributed by atoms with van der Waals surface area (Å²) in [5.74, 6) is 0.854. The molecular weight excluding hydrogens is 174 g/mol. The maximum absolute atomic E-state index is 6.04. The maximum atomic E-state index is 6.04. The van der Waals surface area contributed by atoms with E-state index in [9.17, 15) is 0 Å². The molecule has 1 aromatic heterocycles. The molecule has 0 spiro atoms. The molecule has 2 N–H and O–H groups in total. The molecule has 0 saturated heterocycles. The zero-order valence-electron chi connectivity index (χ0n) is 8.88. The number of nitrogens with two attached hydrogens (primary N) is 1. The molecular formula is C11H17N3. The molecule has 0 aliphatic heterocycles. The van der Waals surface area contributed by atoms with E-state index in [1.165, 1.54) is 18.4 Å². The minimum atomic E-state index is 0.130. The second kappa shape index (κ2) is 3.31. The van der Waals surface area contributed by atoms with Crippen molar-refractivity contribution in [1.29, 1.82) is 0 Å². The Morgan fingerprint density at radius 1 is 1.43 bits per heavy atom. The summed E-state index contributed by atoms with van der Waals surface area (Å²) in [6, 6.07) is 0. The van der Waals surface area contributed by atoms with Gasteiger partial charge in [-0.15, -0.1) is 0 Å². The van der Waals surface area contributed by atoms with Gasteiger partial charge in [0.05, 0.1) is 0 Å². The van der Waals surface area contributed by atoms with Crippen molar-refractivity contribution >= 4 is 0 Å². The van der Waals surface area contributed by atoms with E-state index in [0.29, 0.717) is 0 Å². The molecule has 0 bridgehead atoms. The number of hydrogen-bond donors (Lipinski definition) is 1. The first-order valence-electron chi connectivity index (χ1n) is 5.17. The highest BCUT2D eigenvalue weighted by Gasteiger charge is 2.37. The highest BCUT2D eigenvalue weighted by atomic mass is 14.9. The maximum Gasteiger partial charge on any atom is 0.125 e. The van der Waals surface area contributed by atoms with Crippen LogP contribution in [0.5, 0.6) is 0 Å². The predicted molar refractivity (Wildman–Crippen MR) is 56.0 cm³/mol. The number of hydrogen-bond acceptors (Lipinski definition) is 3. The van der Waals surface area contributed by atoms with Crippen molar-refractivity contribution in [2.45, 2.75) is 45.1 Å². The lowest BCUT2D eigenvalue weighted by molar-refractivity contribution is 0.600. The van der Waals surface area contributed by atoms with Gasteiger partial charge in [0.15, 0.2) is 0 Å². The standard InChI is InChI=1S/C11H17N3/c1-8-7-13-9(2)14-10(8)3-4-11(12)5-6-11/h7H,3-6,12H2,1-2H3. The van der Waals surface area contributed by atoms with Gasteiger partial charge in [-0.25, -0.2) is 9.97 Å². The van der Waals surface area contributed by atoms with E-state index in [2.05, 4.69) is 16.9 Å². The molecule has 0 atom stereocenters. The lowest BCUT2D eigenvalue weighted by Crippen LogP contribution is -2.22. The molecule has 1 aromatic rings. The Morgan fingerprint density at radius 3 is 2.79 bits per heavy atom. The van der Waals surface area contributed by atoms with Crippen molar-refractivity contribution in [2.24, 2.45) is 5.73 Å². The van der Waals surface area contributed by atoms with Crippen LogP contribution in [0.2, 0.25) is 0 Å². The van der Waals surface area contributed by atoms with E-state index in [4.69, 9.17) is 5.73 Å². The first-order chi connectivity index (χ1) is 6.59. The van der Waals surface area contributed by atoms with E-state index >= 15 is 0 Å². The van der Waals surface area contributed by atoms with Gasteiger partial charge in [0.1, 0.15) is 5.82 Å². The average molecular weight is 191 g/mol. The van der Waals surface area contributed by atoms with Crippen LogP contribution in [0.3, 0.4) is 0 Å². The molecule has 0 aromatic carbocycles. The molecule has 1 saturated carbocycles. The van der Waals surface area contributed by atoms with Crippen molar-refractivity contribution in [3.8, 4) is 0 Å². The fourth-order valence-electron chi connectivity index (χ4n) is 1.61. The fraction of sp³-hybridized carbons (Fsp3) is 0.636. The third-order valence-corrected chi connectivity index (χ3v) is 2.95. The molecule has 1 aliphatic carbocycles. The molecule has 0 unspecified atom stereocenters. The highest BCUT2D eigenvalue weighted by Crippen LogP contribution is 2.36. The van der Waals surface area contributed by atoms with E-state index in [-0.39, 0.29) is 5.54 Å². The smallest absolute Gasteiger partial charge is 0.125 e. The minimum absolute atomic E-state index is 0.130. The molecule has 14 heavy (non-hydrogen) atoms. The lowest BCUT2D eigenvalue weighted by atomic mass is 10.1. The zero-order chi connectivity index (χ0) is 10.2. The van der Waals surface area contributed by atoms with Crippen molar-refractivity contribution < 1.29 is 0 Å². The molecule has 2 rings (SSSR count). The van der Waals surface area contributed by atoms with Gasteiger partial charge in [0.2, 0.25) is 0 Å². The molecule has 1 fully saturated rings. The Hall–Kier alpha value is -0.960. The number of rotatable bonds is 3. The lowest BCUT2D eigenvalue weighted by Gasteiger charge is -2.09. The first kappa shape index (κ1) is 9.59. The van der Waals surface area contributed by atoms with Crippen molar-refractivity contribution in [3.63, 3.8) is 0 Å². The molecule has 0 radical (unpaired) electrons. The van der Waals surface area contributed by atoms with Crippen LogP contribution in [-0.4, -0.2) is 15.5 Å². The fourth-order valence-corrected chi connectivity index (χ4v) is 1.61. The van der Waals surface area contributed by atoms with E-state index in [1.54, 1.807) is 0 Å². The Kier molecular flexibility index (Phi) is 2.27. The van der Waals surface area contributed by atoms with Gasteiger partial charge in [-0.2, -0.15) is 0 Å². The summed E-state index contributed by atoms with van der Waals surface area (Å²) in [5.41, 5.74) is 8.51. The molecule has 3 heteroatoms. The van der Waals surface area contributed by atoms with Crippen LogP contribution in [0, 0.1) is 13.8 Å². The largest absolute Gasteiger partial charge is 0.325 e. The van der Waals surface area contributed by atoms with Crippen molar-refractivity contribution in [2.75, 3.05) is 0 Å². The van der Waals surface area contributed by atoms with Crippen LogP contribution in [0.4, 0.5) is 0 Å². The van der Waals surface area contributed by atoms with E-state index < -0.39 is 0 Å².